The van der Waals surface area contributed by atoms with Crippen LogP contribution < -0.4 is 0 Å². The Hall–Kier alpha value is -1.55. The Labute approximate surface area is 99.8 Å². The van der Waals surface area contributed by atoms with Gasteiger partial charge in [0.05, 0.1) is 18.6 Å². The number of hydrogen-bond donors (Lipinski definition) is 2. The van der Waals surface area contributed by atoms with E-state index in [0.717, 1.165) is 5.56 Å². The van der Waals surface area contributed by atoms with Crippen LogP contribution in [0.3, 0.4) is 0 Å². The van der Waals surface area contributed by atoms with Gasteiger partial charge >= 0.3 is 5.97 Å². The maximum Gasteiger partial charge on any atom is 0.311 e. The third-order valence-electron chi connectivity index (χ3n) is 3.14. The molecule has 0 saturated carbocycles. The minimum Gasteiger partial charge on any atom is -0.508 e. The summed E-state index contributed by atoms with van der Waals surface area (Å²) in [5.41, 5.74) is 1.62. The van der Waals surface area contributed by atoms with Gasteiger partial charge in [0.1, 0.15) is 5.75 Å². The first-order valence-corrected chi connectivity index (χ1v) is 5.80. The fourth-order valence-corrected chi connectivity index (χ4v) is 2.28. The summed E-state index contributed by atoms with van der Waals surface area (Å²) in [4.78, 5) is 11.7. The largest absolute Gasteiger partial charge is 0.508 e. The Kier molecular flexibility index (Phi) is 3.33. The van der Waals surface area contributed by atoms with E-state index in [1.54, 1.807) is 19.1 Å². The SMILES string of the molecule is CCOC(=O)[C@@H]1CCc2cc(O)ccc2[C@H]1O. The molecule has 1 aliphatic rings. The number of esters is 1. The second-order valence-electron chi connectivity index (χ2n) is 4.23. The van der Waals surface area contributed by atoms with Gasteiger partial charge in [0.2, 0.25) is 0 Å². The number of rotatable bonds is 2. The number of hydrogen-bond acceptors (Lipinski definition) is 4. The van der Waals surface area contributed by atoms with Crippen LogP contribution in [0.4, 0.5) is 0 Å². The third kappa shape index (κ3) is 2.26. The van der Waals surface area contributed by atoms with Crippen molar-refractivity contribution >= 4 is 5.97 Å². The van der Waals surface area contributed by atoms with Crippen molar-refractivity contribution in [2.45, 2.75) is 25.9 Å². The first kappa shape index (κ1) is 11.9. The summed E-state index contributed by atoms with van der Waals surface area (Å²) in [7, 11) is 0. The van der Waals surface area contributed by atoms with Gasteiger partial charge < -0.3 is 14.9 Å². The second-order valence-corrected chi connectivity index (χ2v) is 4.23. The predicted molar refractivity (Wildman–Crippen MR) is 61.5 cm³/mol. The molecule has 1 aromatic carbocycles. The lowest BCUT2D eigenvalue weighted by atomic mass is 9.81. The molecule has 0 amide bonds. The maximum absolute atomic E-state index is 11.7. The molecule has 2 N–H and O–H groups in total. The summed E-state index contributed by atoms with van der Waals surface area (Å²) in [5.74, 6) is -0.656. The molecule has 0 aromatic heterocycles. The van der Waals surface area contributed by atoms with Crippen molar-refractivity contribution in [3.05, 3.63) is 29.3 Å². The topological polar surface area (TPSA) is 66.8 Å². The minimum absolute atomic E-state index is 0.186. The van der Waals surface area contributed by atoms with Gasteiger partial charge in [-0.2, -0.15) is 0 Å². The van der Waals surface area contributed by atoms with Crippen LogP contribution in [0.2, 0.25) is 0 Å². The number of aromatic hydroxyl groups is 1. The number of aryl methyl sites for hydroxylation is 1. The lowest BCUT2D eigenvalue weighted by Gasteiger charge is -2.28. The van der Waals surface area contributed by atoms with Crippen LogP contribution in [0, 0.1) is 5.92 Å². The number of fused-ring (bicyclic) bond motifs is 1. The molecule has 1 aliphatic carbocycles. The van der Waals surface area contributed by atoms with Gasteiger partial charge in [0.15, 0.2) is 0 Å². The Bertz CT molecular complexity index is 427. The number of aliphatic hydroxyl groups is 1. The van der Waals surface area contributed by atoms with Crippen LogP contribution in [0.1, 0.15) is 30.6 Å². The second kappa shape index (κ2) is 4.75. The van der Waals surface area contributed by atoms with Gasteiger partial charge in [-0.15, -0.1) is 0 Å². The summed E-state index contributed by atoms with van der Waals surface area (Å²) < 4.78 is 4.94. The molecule has 0 saturated heterocycles. The van der Waals surface area contributed by atoms with Gasteiger partial charge in [-0.1, -0.05) is 6.07 Å². The van der Waals surface area contributed by atoms with Gasteiger partial charge in [-0.25, -0.2) is 0 Å². The van der Waals surface area contributed by atoms with Crippen molar-refractivity contribution in [3.8, 4) is 5.75 Å². The van der Waals surface area contributed by atoms with Crippen LogP contribution in [-0.4, -0.2) is 22.8 Å². The van der Waals surface area contributed by atoms with E-state index in [0.29, 0.717) is 25.0 Å². The molecular formula is C13H16O4. The smallest absolute Gasteiger partial charge is 0.311 e. The van der Waals surface area contributed by atoms with Crippen molar-refractivity contribution in [2.24, 2.45) is 5.92 Å². The Morgan fingerprint density at radius 2 is 2.29 bits per heavy atom. The molecular weight excluding hydrogens is 220 g/mol. The van der Waals surface area contributed by atoms with E-state index in [2.05, 4.69) is 0 Å². The van der Waals surface area contributed by atoms with Crippen molar-refractivity contribution in [2.75, 3.05) is 6.61 Å². The zero-order valence-corrected chi connectivity index (χ0v) is 9.72. The van der Waals surface area contributed by atoms with E-state index >= 15 is 0 Å². The molecule has 0 unspecified atom stereocenters. The number of phenols is 1. The van der Waals surface area contributed by atoms with E-state index in [1.807, 2.05) is 0 Å². The molecule has 0 fully saturated rings. The van der Waals surface area contributed by atoms with E-state index < -0.39 is 12.0 Å². The standard InChI is InChI=1S/C13H16O4/c1-2-17-13(16)11-5-3-8-7-9(14)4-6-10(8)12(11)15/h4,6-7,11-12,14-15H,2-3,5H2,1H3/t11-,12-/m1/s1. The molecule has 4 heteroatoms. The van der Waals surface area contributed by atoms with Crippen LogP contribution >= 0.6 is 0 Å². The quantitative estimate of drug-likeness (QED) is 0.764. The number of phenolic OH excluding ortho intramolecular Hbond substituents is 1. The molecule has 92 valence electrons. The molecule has 1 aromatic rings. The minimum atomic E-state index is -0.835. The summed E-state index contributed by atoms with van der Waals surface area (Å²) in [6, 6.07) is 4.83. The Morgan fingerprint density at radius 1 is 1.53 bits per heavy atom. The van der Waals surface area contributed by atoms with Crippen LogP contribution in [0.15, 0.2) is 18.2 Å². The molecule has 2 atom stereocenters. The van der Waals surface area contributed by atoms with E-state index in [4.69, 9.17) is 4.74 Å². The summed E-state index contributed by atoms with van der Waals surface area (Å²) in [5, 5.41) is 19.5. The van der Waals surface area contributed by atoms with Crippen LogP contribution in [0.25, 0.3) is 0 Å². The fourth-order valence-electron chi connectivity index (χ4n) is 2.28. The van der Waals surface area contributed by atoms with Gasteiger partial charge in [0.25, 0.3) is 0 Å². The summed E-state index contributed by atoms with van der Waals surface area (Å²) in [6.45, 7) is 2.07. The normalized spacial score (nSPS) is 22.9. The third-order valence-corrected chi connectivity index (χ3v) is 3.14. The maximum atomic E-state index is 11.7. The molecule has 0 aliphatic heterocycles. The molecule has 0 bridgehead atoms. The number of benzene rings is 1. The van der Waals surface area contributed by atoms with E-state index in [9.17, 15) is 15.0 Å². The average Bonchev–Trinajstić information content (AvgIpc) is 2.29. The van der Waals surface area contributed by atoms with Crippen LogP contribution in [0.5, 0.6) is 5.75 Å². The van der Waals surface area contributed by atoms with Gasteiger partial charge in [-0.3, -0.25) is 4.79 Å². The van der Waals surface area contributed by atoms with Crippen molar-refractivity contribution in [1.29, 1.82) is 0 Å². The number of aliphatic hydroxyl groups excluding tert-OH is 1. The number of carbonyl (C=O) groups is 1. The highest BCUT2D eigenvalue weighted by molar-refractivity contribution is 5.74. The molecule has 2 rings (SSSR count). The monoisotopic (exact) mass is 236 g/mol. The summed E-state index contributed by atoms with van der Waals surface area (Å²) >= 11 is 0. The molecule has 0 radical (unpaired) electrons. The van der Waals surface area contributed by atoms with Gasteiger partial charge in [0, 0.05) is 0 Å². The Morgan fingerprint density at radius 3 is 3.00 bits per heavy atom. The lowest BCUT2D eigenvalue weighted by molar-refractivity contribution is -0.153. The first-order valence-electron chi connectivity index (χ1n) is 5.80. The Balaban J connectivity index is 2.24. The predicted octanol–water partition coefficient (Wildman–Crippen LogP) is 1.55. The lowest BCUT2D eigenvalue weighted by Crippen LogP contribution is -2.29. The number of ether oxygens (including phenoxy) is 1. The first-order chi connectivity index (χ1) is 8.13. The van der Waals surface area contributed by atoms with E-state index in [-0.39, 0.29) is 11.7 Å². The highest BCUT2D eigenvalue weighted by Crippen LogP contribution is 2.36. The van der Waals surface area contributed by atoms with Crippen molar-refractivity contribution in [1.82, 2.24) is 0 Å². The zero-order valence-electron chi connectivity index (χ0n) is 9.72. The molecule has 0 spiro atoms. The zero-order chi connectivity index (χ0) is 12.4. The van der Waals surface area contributed by atoms with E-state index in [1.165, 1.54) is 6.07 Å². The highest BCUT2D eigenvalue weighted by atomic mass is 16.5. The highest BCUT2D eigenvalue weighted by Gasteiger charge is 2.34. The summed E-state index contributed by atoms with van der Waals surface area (Å²) in [6.07, 6.45) is 0.388. The van der Waals surface area contributed by atoms with Crippen molar-refractivity contribution < 1.29 is 19.7 Å². The molecule has 17 heavy (non-hydrogen) atoms. The van der Waals surface area contributed by atoms with Gasteiger partial charge in [-0.05, 0) is 43.0 Å². The molecule has 4 nitrogen and oxygen atoms in total. The molecule has 0 heterocycles. The number of carbonyl (C=O) groups excluding carboxylic acids is 1. The van der Waals surface area contributed by atoms with Crippen LogP contribution in [-0.2, 0) is 16.0 Å². The fraction of sp³-hybridized carbons (Fsp3) is 0.462. The van der Waals surface area contributed by atoms with Crippen molar-refractivity contribution in [3.63, 3.8) is 0 Å². The average molecular weight is 236 g/mol.